The van der Waals surface area contributed by atoms with Crippen molar-refractivity contribution in [3.8, 4) is 5.75 Å². The summed E-state index contributed by atoms with van der Waals surface area (Å²) in [6, 6.07) is 12.6. The summed E-state index contributed by atoms with van der Waals surface area (Å²) in [5, 5.41) is 0. The highest BCUT2D eigenvalue weighted by atomic mass is 16.5. The van der Waals surface area contributed by atoms with E-state index in [1.165, 1.54) is 12.1 Å². The number of nitrogens with two attached hydrogens (primary N) is 3. The summed E-state index contributed by atoms with van der Waals surface area (Å²) in [6.07, 6.45) is 0. The zero-order chi connectivity index (χ0) is 20.7. The number of hydrogen-bond donors (Lipinski definition) is 3. The van der Waals surface area contributed by atoms with Gasteiger partial charge < -0.3 is 26.7 Å². The summed E-state index contributed by atoms with van der Waals surface area (Å²) in [6.45, 7) is 1.16. The van der Waals surface area contributed by atoms with Crippen LogP contribution in [-0.2, 0) is 14.3 Å². The highest BCUT2D eigenvalue weighted by Crippen LogP contribution is 2.21. The Kier molecular flexibility index (Phi) is 6.69. The van der Waals surface area contributed by atoms with Crippen molar-refractivity contribution in [2.75, 3.05) is 6.61 Å². The van der Waals surface area contributed by atoms with Crippen molar-refractivity contribution in [2.45, 2.75) is 12.8 Å². The topological polar surface area (TPSA) is 160 Å². The zero-order valence-corrected chi connectivity index (χ0v) is 15.1. The zero-order valence-electron chi connectivity index (χ0n) is 15.1. The fourth-order valence-electron chi connectivity index (χ4n) is 2.21. The number of hydrogen-bond acceptors (Lipinski definition) is 6. The molecule has 2 aromatic rings. The van der Waals surface area contributed by atoms with Gasteiger partial charge in [-0.05, 0) is 48.9 Å². The number of carbonyl (C=O) groups is 3. The van der Waals surface area contributed by atoms with E-state index in [0.29, 0.717) is 22.6 Å². The van der Waals surface area contributed by atoms with Gasteiger partial charge in [-0.25, -0.2) is 9.79 Å². The SMILES string of the molecule is CC(C(=O)OCC(N)=O)c1ccc(OC(=O)c2ccc(N=C(N)N)cc2)cc1. The van der Waals surface area contributed by atoms with Gasteiger partial charge in [-0.3, -0.25) is 9.59 Å². The van der Waals surface area contributed by atoms with Crippen LogP contribution in [0.3, 0.4) is 0 Å². The average Bonchev–Trinajstić information content (AvgIpc) is 2.66. The summed E-state index contributed by atoms with van der Waals surface area (Å²) < 4.78 is 10.1. The number of ether oxygens (including phenoxy) is 2. The number of benzene rings is 2. The summed E-state index contributed by atoms with van der Waals surface area (Å²) in [4.78, 5) is 38.6. The second-order valence-electron chi connectivity index (χ2n) is 5.84. The Bertz CT molecular complexity index is 888. The number of primary amides is 1. The molecule has 0 bridgehead atoms. The summed E-state index contributed by atoms with van der Waals surface area (Å²) in [5.74, 6) is -2.24. The highest BCUT2D eigenvalue weighted by Gasteiger charge is 2.18. The third kappa shape index (κ3) is 5.84. The molecule has 1 atom stereocenters. The van der Waals surface area contributed by atoms with E-state index in [1.807, 2.05) is 0 Å². The smallest absolute Gasteiger partial charge is 0.343 e. The number of rotatable bonds is 7. The lowest BCUT2D eigenvalue weighted by molar-refractivity contribution is -0.148. The third-order valence-electron chi connectivity index (χ3n) is 3.66. The minimum Gasteiger partial charge on any atom is -0.455 e. The highest BCUT2D eigenvalue weighted by molar-refractivity contribution is 5.91. The largest absolute Gasteiger partial charge is 0.455 e. The molecule has 146 valence electrons. The molecule has 1 unspecified atom stereocenters. The van der Waals surface area contributed by atoms with E-state index in [4.69, 9.17) is 26.7 Å². The normalized spacial score (nSPS) is 11.2. The van der Waals surface area contributed by atoms with Crippen molar-refractivity contribution >= 4 is 29.5 Å². The molecule has 0 aliphatic carbocycles. The van der Waals surface area contributed by atoms with Crippen LogP contribution in [0.4, 0.5) is 5.69 Å². The lowest BCUT2D eigenvalue weighted by Gasteiger charge is -2.11. The van der Waals surface area contributed by atoms with Crippen LogP contribution in [-0.4, -0.2) is 30.4 Å². The number of amides is 1. The molecule has 0 aliphatic heterocycles. The first-order chi connectivity index (χ1) is 13.3. The molecule has 2 aromatic carbocycles. The Balaban J connectivity index is 1.99. The number of carbonyl (C=O) groups excluding carboxylic acids is 3. The van der Waals surface area contributed by atoms with Gasteiger partial charge in [0.2, 0.25) is 0 Å². The Labute approximate surface area is 161 Å². The molecule has 0 radical (unpaired) electrons. The molecule has 2 rings (SSSR count). The molecule has 0 heterocycles. The van der Waals surface area contributed by atoms with Crippen LogP contribution in [0.15, 0.2) is 53.5 Å². The van der Waals surface area contributed by atoms with Crippen LogP contribution in [0.2, 0.25) is 0 Å². The Morgan fingerprint density at radius 2 is 1.57 bits per heavy atom. The molecular formula is C19H20N4O5. The maximum Gasteiger partial charge on any atom is 0.343 e. The van der Waals surface area contributed by atoms with E-state index in [-0.39, 0.29) is 5.96 Å². The molecule has 1 amide bonds. The fourth-order valence-corrected chi connectivity index (χ4v) is 2.21. The molecule has 0 saturated heterocycles. The quantitative estimate of drug-likeness (QED) is 0.277. The van der Waals surface area contributed by atoms with Gasteiger partial charge in [-0.1, -0.05) is 12.1 Å². The van der Waals surface area contributed by atoms with E-state index in [1.54, 1.807) is 43.3 Å². The predicted molar refractivity (Wildman–Crippen MR) is 102 cm³/mol. The standard InChI is InChI=1S/C19H20N4O5/c1-11(17(25)27-10-16(20)24)12-4-8-15(9-5-12)28-18(26)13-2-6-14(7-3-13)23-19(21)22/h2-9,11H,10H2,1H3,(H2,20,24)(H4,21,22,23). The second kappa shape index (κ2) is 9.17. The van der Waals surface area contributed by atoms with Crippen molar-refractivity contribution in [1.29, 1.82) is 0 Å². The molecule has 0 fully saturated rings. The summed E-state index contributed by atoms with van der Waals surface area (Å²) >= 11 is 0. The van der Waals surface area contributed by atoms with Gasteiger partial charge in [0, 0.05) is 0 Å². The molecule has 9 heteroatoms. The molecule has 0 aromatic heterocycles. The van der Waals surface area contributed by atoms with Crippen molar-refractivity contribution in [1.82, 2.24) is 0 Å². The second-order valence-corrected chi connectivity index (χ2v) is 5.84. The van der Waals surface area contributed by atoms with Crippen LogP contribution in [0.5, 0.6) is 5.75 Å². The molecule has 9 nitrogen and oxygen atoms in total. The molecule has 0 saturated carbocycles. The fraction of sp³-hybridized carbons (Fsp3) is 0.158. The van der Waals surface area contributed by atoms with Crippen LogP contribution < -0.4 is 21.9 Å². The van der Waals surface area contributed by atoms with Gasteiger partial charge >= 0.3 is 11.9 Å². The molecule has 6 N–H and O–H groups in total. The van der Waals surface area contributed by atoms with Crippen LogP contribution in [0.1, 0.15) is 28.8 Å². The van der Waals surface area contributed by atoms with E-state index >= 15 is 0 Å². The van der Waals surface area contributed by atoms with Crippen molar-refractivity contribution in [3.05, 3.63) is 59.7 Å². The van der Waals surface area contributed by atoms with Crippen LogP contribution in [0, 0.1) is 0 Å². The lowest BCUT2D eigenvalue weighted by atomic mass is 10.0. The van der Waals surface area contributed by atoms with Crippen LogP contribution in [0.25, 0.3) is 0 Å². The molecule has 0 aliphatic rings. The van der Waals surface area contributed by atoms with Gasteiger partial charge in [0.1, 0.15) is 5.75 Å². The Morgan fingerprint density at radius 3 is 2.11 bits per heavy atom. The van der Waals surface area contributed by atoms with Crippen LogP contribution >= 0.6 is 0 Å². The van der Waals surface area contributed by atoms with E-state index < -0.39 is 30.4 Å². The Hall–Kier alpha value is -3.88. The van der Waals surface area contributed by atoms with Crippen molar-refractivity contribution < 1.29 is 23.9 Å². The average molecular weight is 384 g/mol. The number of aliphatic imine (C=N–C) groups is 1. The van der Waals surface area contributed by atoms with Gasteiger partial charge in [0.25, 0.3) is 5.91 Å². The van der Waals surface area contributed by atoms with Crippen molar-refractivity contribution in [3.63, 3.8) is 0 Å². The Morgan fingerprint density at radius 1 is 0.964 bits per heavy atom. The number of esters is 2. The predicted octanol–water partition coefficient (Wildman–Crippen LogP) is 0.943. The number of guanidine groups is 1. The maximum absolute atomic E-state index is 12.2. The first kappa shape index (κ1) is 20.4. The van der Waals surface area contributed by atoms with Crippen molar-refractivity contribution in [2.24, 2.45) is 22.2 Å². The molecule has 28 heavy (non-hydrogen) atoms. The van der Waals surface area contributed by atoms with E-state index in [9.17, 15) is 14.4 Å². The summed E-state index contributed by atoms with van der Waals surface area (Å²) in [5.41, 5.74) is 17.0. The minimum absolute atomic E-state index is 0.0804. The maximum atomic E-state index is 12.2. The molecular weight excluding hydrogens is 364 g/mol. The molecule has 0 spiro atoms. The van der Waals surface area contributed by atoms with Gasteiger partial charge in [-0.2, -0.15) is 0 Å². The summed E-state index contributed by atoms with van der Waals surface area (Å²) in [7, 11) is 0. The third-order valence-corrected chi connectivity index (χ3v) is 3.66. The monoisotopic (exact) mass is 384 g/mol. The van der Waals surface area contributed by atoms with Gasteiger partial charge in [0.05, 0.1) is 17.2 Å². The van der Waals surface area contributed by atoms with E-state index in [2.05, 4.69) is 4.99 Å². The van der Waals surface area contributed by atoms with E-state index in [0.717, 1.165) is 0 Å². The first-order valence-corrected chi connectivity index (χ1v) is 8.23. The minimum atomic E-state index is -0.728. The van der Waals surface area contributed by atoms with Gasteiger partial charge in [-0.15, -0.1) is 0 Å². The van der Waals surface area contributed by atoms with Gasteiger partial charge in [0.15, 0.2) is 12.6 Å². The lowest BCUT2D eigenvalue weighted by Crippen LogP contribution is -2.23. The number of nitrogens with zero attached hydrogens (tertiary/aromatic N) is 1. The first-order valence-electron chi connectivity index (χ1n) is 8.23.